The molecule has 0 atom stereocenters. The Labute approximate surface area is 203 Å². The van der Waals surface area contributed by atoms with Gasteiger partial charge in [0.05, 0.1) is 7.11 Å². The minimum atomic E-state index is -0.971. The number of pyridine rings is 1. The fourth-order valence-corrected chi connectivity index (χ4v) is 4.34. The molecule has 0 spiro atoms. The Kier molecular flexibility index (Phi) is 6.85. The summed E-state index contributed by atoms with van der Waals surface area (Å²) in [6.07, 6.45) is 0.674. The maximum Gasteiger partial charge on any atom is 0.407 e. The fourth-order valence-electron chi connectivity index (χ4n) is 3.61. The summed E-state index contributed by atoms with van der Waals surface area (Å²) in [5.74, 6) is 0.921. The van der Waals surface area contributed by atoms with Crippen molar-refractivity contribution < 1.29 is 19.4 Å². The predicted octanol–water partition coefficient (Wildman–Crippen LogP) is 3.86. The van der Waals surface area contributed by atoms with Crippen LogP contribution in [0, 0.1) is 0 Å². The van der Waals surface area contributed by atoms with Crippen LogP contribution >= 0.6 is 27.5 Å². The second-order valence-electron chi connectivity index (χ2n) is 7.41. The second-order valence-corrected chi connectivity index (χ2v) is 8.60. The first-order chi connectivity index (χ1) is 15.9. The first kappa shape index (κ1) is 23.1. The third kappa shape index (κ3) is 4.96. The van der Waals surface area contributed by atoms with E-state index in [1.807, 2.05) is 18.2 Å². The number of piperazine rings is 1. The van der Waals surface area contributed by atoms with Gasteiger partial charge in [-0.15, -0.1) is 0 Å². The number of hydrogen-bond acceptors (Lipinski definition) is 5. The number of hydrogen-bond donors (Lipinski definition) is 1. The zero-order chi connectivity index (χ0) is 23.5. The Morgan fingerprint density at radius 1 is 1.06 bits per heavy atom. The second kappa shape index (κ2) is 9.80. The van der Waals surface area contributed by atoms with Gasteiger partial charge in [-0.25, -0.2) is 14.8 Å². The zero-order valence-electron chi connectivity index (χ0n) is 17.7. The van der Waals surface area contributed by atoms with Crippen molar-refractivity contribution in [2.24, 2.45) is 0 Å². The number of imidazole rings is 1. The Hall–Kier alpha value is -3.11. The summed E-state index contributed by atoms with van der Waals surface area (Å²) in [4.78, 5) is 36.3. The number of rotatable bonds is 5. The predicted molar refractivity (Wildman–Crippen MR) is 126 cm³/mol. The number of ether oxygens (including phenoxy) is 1. The van der Waals surface area contributed by atoms with E-state index < -0.39 is 6.09 Å². The quantitative estimate of drug-likeness (QED) is 0.534. The van der Waals surface area contributed by atoms with Crippen LogP contribution in [0.2, 0.25) is 5.02 Å². The van der Waals surface area contributed by atoms with Crippen LogP contribution in [0.25, 0.3) is 22.6 Å². The van der Waals surface area contributed by atoms with Crippen molar-refractivity contribution in [3.05, 3.63) is 52.2 Å². The van der Waals surface area contributed by atoms with Gasteiger partial charge in [-0.1, -0.05) is 23.7 Å². The molecule has 0 radical (unpaired) electrons. The van der Waals surface area contributed by atoms with Crippen LogP contribution in [0.1, 0.15) is 0 Å². The van der Waals surface area contributed by atoms with E-state index in [0.717, 1.165) is 11.1 Å². The molecule has 9 nitrogen and oxygen atoms in total. The molecule has 0 unspecified atom stereocenters. The van der Waals surface area contributed by atoms with E-state index in [9.17, 15) is 9.59 Å². The van der Waals surface area contributed by atoms with E-state index in [2.05, 4.69) is 20.9 Å². The molecular weight excluding hydrogens is 514 g/mol. The molecule has 4 rings (SSSR count). The maximum absolute atomic E-state index is 13.1. The van der Waals surface area contributed by atoms with Crippen LogP contribution < -0.4 is 4.74 Å². The first-order valence-corrected chi connectivity index (χ1v) is 11.3. The molecule has 3 heterocycles. The number of methoxy groups -OCH3 is 1. The lowest BCUT2D eigenvalue weighted by atomic mass is 10.2. The van der Waals surface area contributed by atoms with Gasteiger partial charge in [0, 0.05) is 54.6 Å². The molecule has 0 aliphatic carbocycles. The average Bonchev–Trinajstić information content (AvgIpc) is 3.15. The van der Waals surface area contributed by atoms with Crippen LogP contribution in [-0.2, 0) is 11.3 Å². The van der Waals surface area contributed by atoms with E-state index >= 15 is 0 Å². The lowest BCUT2D eigenvalue weighted by molar-refractivity contribution is -0.133. The average molecular weight is 535 g/mol. The van der Waals surface area contributed by atoms with E-state index in [0.29, 0.717) is 40.1 Å². The van der Waals surface area contributed by atoms with Crippen LogP contribution in [0.4, 0.5) is 4.79 Å². The Morgan fingerprint density at radius 2 is 1.70 bits per heavy atom. The summed E-state index contributed by atoms with van der Waals surface area (Å²) in [5.41, 5.74) is 2.23. The number of halogens is 2. The Balaban J connectivity index is 1.67. The minimum absolute atomic E-state index is 0.0373. The van der Waals surface area contributed by atoms with Crippen molar-refractivity contribution in [1.82, 2.24) is 24.3 Å². The van der Waals surface area contributed by atoms with Crippen molar-refractivity contribution in [3.8, 4) is 28.5 Å². The molecule has 1 aliphatic heterocycles. The smallest absolute Gasteiger partial charge is 0.407 e. The third-order valence-electron chi connectivity index (χ3n) is 5.42. The highest BCUT2D eigenvalue weighted by atomic mass is 79.9. The Bertz CT molecular complexity index is 1160. The maximum atomic E-state index is 13.1. The highest BCUT2D eigenvalue weighted by molar-refractivity contribution is 9.10. The molecule has 1 saturated heterocycles. The zero-order valence-corrected chi connectivity index (χ0v) is 20.1. The molecule has 1 N–H and O–H groups in total. The van der Waals surface area contributed by atoms with E-state index in [-0.39, 0.29) is 25.5 Å². The summed E-state index contributed by atoms with van der Waals surface area (Å²) in [7, 11) is 1.54. The van der Waals surface area contributed by atoms with Crippen LogP contribution in [0.15, 0.2) is 47.2 Å². The van der Waals surface area contributed by atoms with Crippen molar-refractivity contribution >= 4 is 39.5 Å². The fraction of sp³-hybridized carbons (Fsp3) is 0.273. The van der Waals surface area contributed by atoms with Gasteiger partial charge in [0.1, 0.15) is 22.7 Å². The molecule has 0 bridgehead atoms. The summed E-state index contributed by atoms with van der Waals surface area (Å²) < 4.78 is 7.58. The minimum Gasteiger partial charge on any atom is -0.481 e. The monoisotopic (exact) mass is 533 g/mol. The van der Waals surface area contributed by atoms with E-state index in [4.69, 9.17) is 26.4 Å². The molecule has 11 heteroatoms. The highest BCUT2D eigenvalue weighted by Gasteiger charge is 2.26. The first-order valence-electron chi connectivity index (χ1n) is 10.2. The lowest BCUT2D eigenvalue weighted by Crippen LogP contribution is -2.51. The summed E-state index contributed by atoms with van der Waals surface area (Å²) in [6, 6.07) is 10.9. The van der Waals surface area contributed by atoms with Gasteiger partial charge in [-0.2, -0.15) is 0 Å². The standard InChI is InChI=1S/C22H21BrClN5O4/c1-33-17-7-4-15(12-25-17)21-26-19(14-2-5-16(24)6-3-14)20(23)29(21)13-18(30)27-8-10-28(11-9-27)22(31)32/h2-7,12H,8-11,13H2,1H3,(H,31,32). The van der Waals surface area contributed by atoms with Crippen LogP contribution in [0.5, 0.6) is 5.88 Å². The van der Waals surface area contributed by atoms with Crippen molar-refractivity contribution in [2.45, 2.75) is 6.54 Å². The number of amides is 2. The summed E-state index contributed by atoms with van der Waals surface area (Å²) in [6.45, 7) is 1.31. The molecule has 1 aliphatic rings. The molecule has 1 fully saturated rings. The molecular formula is C22H21BrClN5O4. The number of aromatic nitrogens is 3. The molecule has 2 aromatic heterocycles. The van der Waals surface area contributed by atoms with E-state index in [1.165, 1.54) is 4.90 Å². The number of carbonyl (C=O) groups is 2. The van der Waals surface area contributed by atoms with Gasteiger partial charge >= 0.3 is 6.09 Å². The molecule has 3 aromatic rings. The van der Waals surface area contributed by atoms with Crippen LogP contribution in [0.3, 0.4) is 0 Å². The van der Waals surface area contributed by atoms with Gasteiger partial charge in [0.2, 0.25) is 11.8 Å². The molecule has 172 valence electrons. The van der Waals surface area contributed by atoms with Crippen molar-refractivity contribution in [2.75, 3.05) is 33.3 Å². The van der Waals surface area contributed by atoms with Gasteiger partial charge in [-0.05, 0) is 34.1 Å². The number of nitrogens with zero attached hydrogens (tertiary/aromatic N) is 5. The van der Waals surface area contributed by atoms with Gasteiger partial charge in [0.25, 0.3) is 0 Å². The van der Waals surface area contributed by atoms with E-state index in [1.54, 1.807) is 41.0 Å². The van der Waals surface area contributed by atoms with Crippen LogP contribution in [-0.4, -0.2) is 74.7 Å². The largest absolute Gasteiger partial charge is 0.481 e. The summed E-state index contributed by atoms with van der Waals surface area (Å²) >= 11 is 9.67. The third-order valence-corrected chi connectivity index (χ3v) is 6.48. The normalized spacial score (nSPS) is 13.8. The number of carbonyl (C=O) groups excluding carboxylic acids is 1. The molecule has 0 saturated carbocycles. The van der Waals surface area contributed by atoms with Crippen molar-refractivity contribution in [3.63, 3.8) is 0 Å². The summed E-state index contributed by atoms with van der Waals surface area (Å²) in [5, 5.41) is 9.76. The van der Waals surface area contributed by atoms with Gasteiger partial charge < -0.3 is 24.2 Å². The Morgan fingerprint density at radius 3 is 2.27 bits per heavy atom. The SMILES string of the molecule is COc1ccc(-c2nc(-c3ccc(Cl)cc3)c(Br)n2CC(=O)N2CCN(C(=O)O)CC2)cn1. The number of carboxylic acid groups (broad SMARTS) is 1. The topological polar surface area (TPSA) is 101 Å². The van der Waals surface area contributed by atoms with Gasteiger partial charge in [-0.3, -0.25) is 4.79 Å². The van der Waals surface area contributed by atoms with Crippen molar-refractivity contribution in [1.29, 1.82) is 0 Å². The lowest BCUT2D eigenvalue weighted by Gasteiger charge is -2.33. The van der Waals surface area contributed by atoms with Gasteiger partial charge in [0.15, 0.2) is 0 Å². The highest BCUT2D eigenvalue weighted by Crippen LogP contribution is 2.34. The molecule has 2 amide bonds. The number of benzene rings is 1. The molecule has 33 heavy (non-hydrogen) atoms. The molecule has 1 aromatic carbocycles.